The highest BCUT2D eigenvalue weighted by atomic mass is 28.5. The first-order chi connectivity index (χ1) is 7.39. The molecule has 0 atom stereocenters. The maximum Gasteiger partial charge on any atom is 0.477 e. The first kappa shape index (κ1) is 16.5. The van der Waals surface area contributed by atoms with Crippen LogP contribution < -0.4 is 0 Å². The summed E-state index contributed by atoms with van der Waals surface area (Å²) in [5, 5.41) is 0. The van der Waals surface area contributed by atoms with Crippen molar-refractivity contribution in [1.29, 1.82) is 0 Å². The number of hydrogen-bond donors (Lipinski definition) is 1. The minimum absolute atomic E-state index is 0.735. The molecule has 0 aromatic rings. The number of hydrogen-bond acceptors (Lipinski definition) is 3. The van der Waals surface area contributed by atoms with E-state index in [1.165, 1.54) is 19.3 Å². The summed E-state index contributed by atoms with van der Waals surface area (Å²) in [5.74, 6) is 0. The fourth-order valence-corrected chi connectivity index (χ4v) is 8.69. The molecule has 0 aliphatic carbocycles. The summed E-state index contributed by atoms with van der Waals surface area (Å²) in [4.78, 5) is 10.4. The summed E-state index contributed by atoms with van der Waals surface area (Å²) in [6.07, 6.45) is 4.65. The van der Waals surface area contributed by atoms with E-state index in [9.17, 15) is 4.80 Å². The van der Waals surface area contributed by atoms with Gasteiger partial charge in [0.05, 0.1) is 0 Å². The molecule has 0 spiro atoms. The molecule has 96 valence electrons. The Balaban J connectivity index is 4.08. The van der Waals surface area contributed by atoms with Gasteiger partial charge in [-0.2, -0.15) is 0 Å². The summed E-state index contributed by atoms with van der Waals surface area (Å²) < 4.78 is 11.5. The molecule has 0 bridgehead atoms. The van der Waals surface area contributed by atoms with E-state index >= 15 is 0 Å². The Morgan fingerprint density at radius 2 is 1.44 bits per heavy atom. The van der Waals surface area contributed by atoms with Gasteiger partial charge in [0.2, 0.25) is 0 Å². The lowest BCUT2D eigenvalue weighted by Crippen LogP contribution is -2.48. The molecule has 6 heteroatoms. The number of unbranched alkanes of at least 4 members (excludes halogenated alkanes) is 3. The average Bonchev–Trinajstić information content (AvgIpc) is 2.09. The first-order valence-electron chi connectivity index (χ1n) is 6.10. The van der Waals surface area contributed by atoms with E-state index in [0.29, 0.717) is 0 Å². The highest BCUT2D eigenvalue weighted by molar-refractivity contribution is 6.74. The largest absolute Gasteiger partial charge is 0.477 e. The molecule has 0 saturated heterocycles. The normalized spacial score (nSPS) is 12.8. The maximum atomic E-state index is 10.4. The van der Waals surface area contributed by atoms with Gasteiger partial charge in [0.1, 0.15) is 0 Å². The van der Waals surface area contributed by atoms with Crippen molar-refractivity contribution >= 4 is 26.9 Å². The third kappa shape index (κ3) is 8.66. The van der Waals surface area contributed by atoms with Crippen molar-refractivity contribution in [3.63, 3.8) is 0 Å². The molecule has 0 heterocycles. The van der Waals surface area contributed by atoms with Gasteiger partial charge in [0.15, 0.2) is 18.1 Å². The minimum atomic E-state index is -2.84. The molecule has 0 aliphatic heterocycles. The van der Waals surface area contributed by atoms with Crippen molar-refractivity contribution < 1.29 is 13.0 Å². The third-order valence-corrected chi connectivity index (χ3v) is 8.88. The highest BCUT2D eigenvalue weighted by Crippen LogP contribution is 2.17. The summed E-state index contributed by atoms with van der Waals surface area (Å²) in [6, 6.07) is 0.735. The maximum absolute atomic E-state index is 10.4. The molecule has 0 unspecified atom stereocenters. The van der Waals surface area contributed by atoms with E-state index in [-0.39, 0.29) is 0 Å². The van der Waals surface area contributed by atoms with Crippen LogP contribution in [0.25, 0.3) is 0 Å². The van der Waals surface area contributed by atoms with Gasteiger partial charge in [-0.1, -0.05) is 26.2 Å². The minimum Gasteiger partial charge on any atom is -0.416 e. The zero-order chi connectivity index (χ0) is 12.6. The monoisotopic (exact) mass is 278 g/mol. The highest BCUT2D eigenvalue weighted by Gasteiger charge is 2.37. The fourth-order valence-electron chi connectivity index (χ4n) is 1.54. The Bertz CT molecular complexity index is 167. The van der Waals surface area contributed by atoms with Crippen molar-refractivity contribution in [1.82, 2.24) is 0 Å². The second kappa shape index (κ2) is 8.60. The fraction of sp³-hybridized carbons (Fsp3) is 1.00. The van der Waals surface area contributed by atoms with Gasteiger partial charge in [-0.05, 0) is 32.6 Å². The lowest BCUT2D eigenvalue weighted by molar-refractivity contribution is 0.252. The van der Waals surface area contributed by atoms with Crippen molar-refractivity contribution in [2.45, 2.75) is 64.8 Å². The van der Waals surface area contributed by atoms with E-state index in [0.717, 1.165) is 12.5 Å². The quantitative estimate of drug-likeness (QED) is 0.520. The zero-order valence-corrected chi connectivity index (χ0v) is 14.3. The Morgan fingerprint density at radius 3 is 1.81 bits per heavy atom. The average molecular weight is 279 g/mol. The Morgan fingerprint density at radius 1 is 0.938 bits per heavy atom. The van der Waals surface area contributed by atoms with Gasteiger partial charge in [-0.3, -0.25) is 0 Å². The van der Waals surface area contributed by atoms with Crippen molar-refractivity contribution in [3.8, 4) is 0 Å². The molecule has 0 aromatic carbocycles. The molecule has 1 N–H and O–H groups in total. The van der Waals surface area contributed by atoms with Gasteiger partial charge in [0.25, 0.3) is 0 Å². The van der Waals surface area contributed by atoms with Gasteiger partial charge in [-0.15, -0.1) is 0 Å². The van der Waals surface area contributed by atoms with Crippen molar-refractivity contribution in [2.75, 3.05) is 0 Å². The van der Waals surface area contributed by atoms with E-state index in [1.54, 1.807) is 0 Å². The second-order valence-corrected chi connectivity index (χ2v) is 11.7. The van der Waals surface area contributed by atoms with Crippen LogP contribution in [0.15, 0.2) is 0 Å². The third-order valence-electron chi connectivity index (χ3n) is 2.07. The van der Waals surface area contributed by atoms with Crippen LogP contribution in [-0.2, 0) is 8.23 Å². The van der Waals surface area contributed by atoms with Crippen LogP contribution in [0, 0.1) is 0 Å². The van der Waals surface area contributed by atoms with Gasteiger partial charge in [-0.25, -0.2) is 0 Å². The van der Waals surface area contributed by atoms with Crippen LogP contribution in [0.1, 0.15) is 32.6 Å². The predicted molar refractivity (Wildman–Crippen MR) is 74.1 cm³/mol. The van der Waals surface area contributed by atoms with E-state index < -0.39 is 26.9 Å². The van der Waals surface area contributed by atoms with Crippen LogP contribution in [0.3, 0.4) is 0 Å². The van der Waals surface area contributed by atoms with Crippen molar-refractivity contribution in [3.05, 3.63) is 0 Å². The van der Waals surface area contributed by atoms with Crippen LogP contribution in [-0.4, -0.2) is 31.7 Å². The van der Waals surface area contributed by atoms with Gasteiger partial charge >= 0.3 is 8.80 Å². The van der Waals surface area contributed by atoms with Crippen LogP contribution in [0.5, 0.6) is 0 Å². The van der Waals surface area contributed by atoms with E-state index in [1.807, 2.05) is 0 Å². The van der Waals surface area contributed by atoms with Gasteiger partial charge in [0, 0.05) is 6.04 Å². The smallest absolute Gasteiger partial charge is 0.416 e. The Labute approximate surface area is 105 Å². The summed E-state index contributed by atoms with van der Waals surface area (Å²) in [5.41, 5.74) is 0. The lowest BCUT2D eigenvalue weighted by Gasteiger charge is -2.28. The molecule has 0 fully saturated rings. The molecule has 3 nitrogen and oxygen atoms in total. The van der Waals surface area contributed by atoms with Gasteiger partial charge < -0.3 is 13.0 Å². The molecule has 0 saturated carbocycles. The predicted octanol–water partition coefficient (Wildman–Crippen LogP) is 3.03. The molecular weight excluding hydrogens is 252 g/mol. The molecular formula is C10H26O3Si3. The summed E-state index contributed by atoms with van der Waals surface area (Å²) in [7, 11) is -4.59. The Kier molecular flexibility index (Phi) is 8.88. The van der Waals surface area contributed by atoms with Crippen LogP contribution in [0.4, 0.5) is 0 Å². The second-order valence-electron chi connectivity index (χ2n) is 4.54. The zero-order valence-electron chi connectivity index (χ0n) is 11.3. The van der Waals surface area contributed by atoms with E-state index in [4.69, 9.17) is 8.23 Å². The van der Waals surface area contributed by atoms with Crippen LogP contribution >= 0.6 is 0 Å². The van der Waals surface area contributed by atoms with Crippen LogP contribution in [0.2, 0.25) is 32.2 Å². The molecule has 0 amide bonds. The molecule has 0 rings (SSSR count). The Hall–Kier alpha value is 0.531. The molecule has 0 aromatic heterocycles. The molecule has 2 radical (unpaired) electrons. The summed E-state index contributed by atoms with van der Waals surface area (Å²) >= 11 is 0. The van der Waals surface area contributed by atoms with Crippen molar-refractivity contribution in [2.24, 2.45) is 0 Å². The number of rotatable bonds is 9. The SMILES string of the molecule is CCCCCC[Si](O)(O[Si](C)C)O[Si](C)C. The first-order valence-corrected chi connectivity index (χ1v) is 12.9. The molecule has 16 heavy (non-hydrogen) atoms. The lowest BCUT2D eigenvalue weighted by atomic mass is 10.2. The topological polar surface area (TPSA) is 38.7 Å². The summed E-state index contributed by atoms with van der Waals surface area (Å²) in [6.45, 7) is 10.4. The standard InChI is InChI=1S/C10H26O3Si3/c1-6-7-8-9-10-16(11,12-14(2)3)13-15(4)5/h11H,6-10H2,1-5H3. The van der Waals surface area contributed by atoms with E-state index in [2.05, 4.69) is 33.1 Å². The molecule has 0 aliphatic rings.